The maximum Gasteiger partial charge on any atom is 0.322 e. The third-order valence-electron chi connectivity index (χ3n) is 3.06. The van der Waals surface area contributed by atoms with Crippen molar-refractivity contribution in [2.45, 2.75) is 6.42 Å². The van der Waals surface area contributed by atoms with Gasteiger partial charge >= 0.3 is 11.9 Å². The van der Waals surface area contributed by atoms with E-state index < -0.39 is 88.0 Å². The molecule has 156 valence electrons. The summed E-state index contributed by atoms with van der Waals surface area (Å²) in [6.45, 7) is 0. The lowest BCUT2D eigenvalue weighted by Gasteiger charge is -2.10. The molecule has 0 atom stereocenters. The Morgan fingerprint density at radius 2 is 0.655 bits per heavy atom. The Labute approximate surface area is 152 Å². The first-order chi connectivity index (χ1) is 13.4. The van der Waals surface area contributed by atoms with Gasteiger partial charge in [-0.1, -0.05) is 0 Å². The van der Waals surface area contributed by atoms with Crippen molar-refractivity contribution in [1.29, 1.82) is 0 Å². The van der Waals surface area contributed by atoms with E-state index in [9.17, 15) is 53.5 Å². The quantitative estimate of drug-likeness (QED) is 0.182. The van der Waals surface area contributed by atoms with E-state index in [1.807, 2.05) is 0 Å². The summed E-state index contributed by atoms with van der Waals surface area (Å²) in [7, 11) is 0. The summed E-state index contributed by atoms with van der Waals surface area (Å²) < 4.78 is 139. The van der Waals surface area contributed by atoms with Gasteiger partial charge < -0.3 is 9.47 Å². The van der Waals surface area contributed by atoms with E-state index in [1.165, 1.54) is 0 Å². The van der Waals surface area contributed by atoms with Gasteiger partial charge in [0.15, 0.2) is 0 Å². The molecule has 0 heterocycles. The second-order valence-electron chi connectivity index (χ2n) is 4.92. The van der Waals surface area contributed by atoms with Crippen LogP contribution < -0.4 is 9.47 Å². The molecule has 0 spiro atoms. The molecule has 0 radical (unpaired) electrons. The van der Waals surface area contributed by atoms with E-state index in [2.05, 4.69) is 9.47 Å². The minimum atomic E-state index is -2.58. The van der Waals surface area contributed by atoms with Gasteiger partial charge in [-0.2, -0.15) is 17.6 Å². The lowest BCUT2D eigenvalue weighted by Crippen LogP contribution is -2.21. The van der Waals surface area contributed by atoms with Crippen molar-refractivity contribution < 1.29 is 63.0 Å². The van der Waals surface area contributed by atoms with Crippen LogP contribution in [0.2, 0.25) is 0 Å². The van der Waals surface area contributed by atoms with Crippen LogP contribution in [0.5, 0.6) is 11.5 Å². The maximum absolute atomic E-state index is 13.3. The molecule has 0 amide bonds. The zero-order valence-electron chi connectivity index (χ0n) is 13.1. The summed E-state index contributed by atoms with van der Waals surface area (Å²) in [6, 6.07) is 0. The highest BCUT2D eigenvalue weighted by atomic mass is 19.2. The van der Waals surface area contributed by atoms with E-state index in [4.69, 9.17) is 0 Å². The SMILES string of the molecule is O=C(CC(=O)Oc1c(F)c(F)c(F)c(F)c1F)Oc1c(F)c(F)c(F)c(F)c1F. The smallest absolute Gasteiger partial charge is 0.322 e. The van der Waals surface area contributed by atoms with Crippen LogP contribution in [-0.2, 0) is 9.59 Å². The topological polar surface area (TPSA) is 52.6 Å². The van der Waals surface area contributed by atoms with Crippen LogP contribution in [0.4, 0.5) is 43.9 Å². The molecule has 29 heavy (non-hydrogen) atoms. The van der Waals surface area contributed by atoms with Gasteiger partial charge in [-0.25, -0.2) is 26.3 Å². The first-order valence-electron chi connectivity index (χ1n) is 6.82. The van der Waals surface area contributed by atoms with Crippen LogP contribution in [0.3, 0.4) is 0 Å². The zero-order chi connectivity index (χ0) is 22.2. The van der Waals surface area contributed by atoms with Crippen LogP contribution in [0.15, 0.2) is 0 Å². The Kier molecular flexibility index (Phi) is 6.04. The lowest BCUT2D eigenvalue weighted by molar-refractivity contribution is -0.144. The van der Waals surface area contributed by atoms with Gasteiger partial charge in [-0.05, 0) is 0 Å². The molecule has 2 aromatic carbocycles. The number of carbonyl (C=O) groups excluding carboxylic acids is 2. The molecule has 0 unspecified atom stereocenters. The first-order valence-corrected chi connectivity index (χ1v) is 6.82. The predicted molar refractivity (Wildman–Crippen MR) is 68.4 cm³/mol. The van der Waals surface area contributed by atoms with Gasteiger partial charge in [0.2, 0.25) is 69.7 Å². The van der Waals surface area contributed by atoms with Crippen LogP contribution in [-0.4, -0.2) is 11.9 Å². The van der Waals surface area contributed by atoms with Crippen molar-refractivity contribution in [3.8, 4) is 11.5 Å². The van der Waals surface area contributed by atoms with Gasteiger partial charge in [0.1, 0.15) is 6.42 Å². The zero-order valence-corrected chi connectivity index (χ0v) is 13.1. The van der Waals surface area contributed by atoms with E-state index in [1.54, 1.807) is 0 Å². The third kappa shape index (κ3) is 3.95. The molecule has 0 bridgehead atoms. The normalized spacial score (nSPS) is 10.8. The Balaban J connectivity index is 2.21. The van der Waals surface area contributed by atoms with Crippen molar-refractivity contribution in [3.05, 3.63) is 58.2 Å². The molecule has 0 aromatic heterocycles. The van der Waals surface area contributed by atoms with E-state index in [-0.39, 0.29) is 0 Å². The van der Waals surface area contributed by atoms with Gasteiger partial charge in [-0.15, -0.1) is 0 Å². The molecular weight excluding hydrogens is 434 g/mol. The minimum Gasteiger partial charge on any atom is -0.420 e. The van der Waals surface area contributed by atoms with Crippen molar-refractivity contribution in [2.24, 2.45) is 0 Å². The summed E-state index contributed by atoms with van der Waals surface area (Å²) >= 11 is 0. The molecule has 2 aromatic rings. The van der Waals surface area contributed by atoms with Crippen LogP contribution in [0, 0.1) is 58.2 Å². The number of benzene rings is 2. The highest BCUT2D eigenvalue weighted by Crippen LogP contribution is 2.31. The summed E-state index contributed by atoms with van der Waals surface area (Å²) in [5.74, 6) is -33.7. The molecule has 4 nitrogen and oxygen atoms in total. The van der Waals surface area contributed by atoms with E-state index in [0.717, 1.165) is 0 Å². The third-order valence-corrected chi connectivity index (χ3v) is 3.06. The Hall–Kier alpha value is -3.32. The summed E-state index contributed by atoms with van der Waals surface area (Å²) in [4.78, 5) is 22.8. The number of halogens is 10. The molecule has 0 N–H and O–H groups in total. The molecule has 0 aliphatic heterocycles. The van der Waals surface area contributed by atoms with Crippen LogP contribution >= 0.6 is 0 Å². The number of hydrogen-bond acceptors (Lipinski definition) is 4. The summed E-state index contributed by atoms with van der Waals surface area (Å²) in [5.41, 5.74) is 0. The van der Waals surface area contributed by atoms with Gasteiger partial charge in [0.25, 0.3) is 0 Å². The van der Waals surface area contributed by atoms with Crippen molar-refractivity contribution in [2.75, 3.05) is 0 Å². The summed E-state index contributed by atoms with van der Waals surface area (Å²) in [6.07, 6.45) is -1.78. The Morgan fingerprint density at radius 3 is 0.897 bits per heavy atom. The second kappa shape index (κ2) is 7.97. The standard InChI is InChI=1S/C15H2F10O4/c16-4-6(18)10(22)14(11(23)7(4)19)28-2(26)1-3(27)29-15-12(24)8(20)5(17)9(21)13(15)25/h1H2. The fraction of sp³-hybridized carbons (Fsp3) is 0.0667. The number of esters is 2. The first kappa shape index (κ1) is 22.0. The van der Waals surface area contributed by atoms with Gasteiger partial charge in [0.05, 0.1) is 0 Å². The van der Waals surface area contributed by atoms with Crippen LogP contribution in [0.1, 0.15) is 6.42 Å². The average Bonchev–Trinajstić information content (AvgIpc) is 2.68. The predicted octanol–water partition coefficient (Wildman–Crippen LogP) is 3.98. The van der Waals surface area contributed by atoms with Crippen LogP contribution in [0.25, 0.3) is 0 Å². The number of ether oxygens (including phenoxy) is 2. The van der Waals surface area contributed by atoms with E-state index >= 15 is 0 Å². The number of carbonyl (C=O) groups is 2. The maximum atomic E-state index is 13.3. The fourth-order valence-corrected chi connectivity index (χ4v) is 1.77. The molecule has 0 saturated carbocycles. The molecule has 0 aliphatic carbocycles. The largest absolute Gasteiger partial charge is 0.420 e. The Bertz CT molecular complexity index is 897. The van der Waals surface area contributed by atoms with Crippen molar-refractivity contribution >= 4 is 11.9 Å². The fourth-order valence-electron chi connectivity index (χ4n) is 1.77. The molecular formula is C15H2F10O4. The molecule has 14 heteroatoms. The second-order valence-corrected chi connectivity index (χ2v) is 4.92. The highest BCUT2D eigenvalue weighted by Gasteiger charge is 2.31. The summed E-state index contributed by atoms with van der Waals surface area (Å²) in [5, 5.41) is 0. The monoisotopic (exact) mass is 436 g/mol. The van der Waals surface area contributed by atoms with Crippen molar-refractivity contribution in [3.63, 3.8) is 0 Å². The molecule has 0 aliphatic rings. The lowest BCUT2D eigenvalue weighted by atomic mass is 10.2. The van der Waals surface area contributed by atoms with Gasteiger partial charge in [0, 0.05) is 0 Å². The Morgan fingerprint density at radius 1 is 0.448 bits per heavy atom. The molecule has 0 fully saturated rings. The molecule has 2 rings (SSSR count). The van der Waals surface area contributed by atoms with Gasteiger partial charge in [-0.3, -0.25) is 9.59 Å². The average molecular weight is 436 g/mol. The van der Waals surface area contributed by atoms with Crippen molar-refractivity contribution in [1.82, 2.24) is 0 Å². The highest BCUT2D eigenvalue weighted by molar-refractivity contribution is 5.93. The van der Waals surface area contributed by atoms with E-state index in [0.29, 0.717) is 0 Å². The number of hydrogen-bond donors (Lipinski definition) is 0. The minimum absolute atomic E-state index is 1.78. The molecule has 0 saturated heterocycles. The number of rotatable bonds is 4.